The van der Waals surface area contributed by atoms with E-state index < -0.39 is 10.0 Å². The molecule has 8 heteroatoms. The molecule has 2 N–H and O–H groups in total. The summed E-state index contributed by atoms with van der Waals surface area (Å²) in [5.41, 5.74) is 0.722. The van der Waals surface area contributed by atoms with Gasteiger partial charge in [-0.1, -0.05) is 50.8 Å². The van der Waals surface area contributed by atoms with Crippen LogP contribution in [0.25, 0.3) is 0 Å². The van der Waals surface area contributed by atoms with Gasteiger partial charge in [0.1, 0.15) is 0 Å². The van der Waals surface area contributed by atoms with Crippen molar-refractivity contribution >= 4 is 40.0 Å². The molecule has 0 aliphatic carbocycles. The fourth-order valence-electron chi connectivity index (χ4n) is 2.65. The lowest BCUT2D eigenvalue weighted by atomic mass is 10.1. The molecule has 0 aromatic heterocycles. The number of benzene rings is 1. The van der Waals surface area contributed by atoms with E-state index in [1.165, 1.54) is 30.0 Å². The molecule has 0 aliphatic heterocycles. The Hall–Kier alpha value is -0.870. The maximum absolute atomic E-state index is 12.5. The van der Waals surface area contributed by atoms with Crippen molar-refractivity contribution in [3.05, 3.63) is 29.8 Å². The van der Waals surface area contributed by atoms with E-state index in [4.69, 9.17) is 0 Å². The van der Waals surface area contributed by atoms with Crippen LogP contribution in [0.5, 0.6) is 0 Å². The third kappa shape index (κ3) is 8.78. The molecule has 0 spiro atoms. The summed E-state index contributed by atoms with van der Waals surface area (Å²) in [5, 5.41) is 6.60. The minimum absolute atomic E-state index is 0. The van der Waals surface area contributed by atoms with Crippen molar-refractivity contribution in [2.24, 2.45) is 4.99 Å². The highest BCUT2D eigenvalue weighted by atomic mass is 127. The highest BCUT2D eigenvalue weighted by molar-refractivity contribution is 14.0. The predicted octanol–water partition coefficient (Wildman–Crippen LogP) is 3.58. The molecule has 6 nitrogen and oxygen atoms in total. The zero-order chi connectivity index (χ0) is 19.6. The van der Waals surface area contributed by atoms with E-state index >= 15 is 0 Å². The average Bonchev–Trinajstić information content (AvgIpc) is 2.62. The van der Waals surface area contributed by atoms with Crippen molar-refractivity contribution in [2.75, 3.05) is 21.1 Å². The Kier molecular flexibility index (Phi) is 12.9. The summed E-state index contributed by atoms with van der Waals surface area (Å²) in [6.45, 7) is 4.75. The van der Waals surface area contributed by atoms with Crippen LogP contribution >= 0.6 is 24.0 Å². The number of nitrogens with zero attached hydrogens (tertiary/aromatic N) is 2. The molecule has 1 aromatic rings. The van der Waals surface area contributed by atoms with Gasteiger partial charge in [-0.15, -0.1) is 24.0 Å². The highest BCUT2D eigenvalue weighted by Gasteiger charge is 2.20. The van der Waals surface area contributed by atoms with E-state index in [0.717, 1.165) is 12.0 Å². The predicted molar refractivity (Wildman–Crippen MR) is 124 cm³/mol. The number of nitrogens with one attached hydrogen (secondary N) is 2. The fourth-order valence-corrected chi connectivity index (χ4v) is 3.77. The van der Waals surface area contributed by atoms with Crippen molar-refractivity contribution in [1.82, 2.24) is 14.9 Å². The second-order valence-corrected chi connectivity index (χ2v) is 8.84. The average molecular weight is 510 g/mol. The summed E-state index contributed by atoms with van der Waals surface area (Å²) in [6.07, 6.45) is 6.05. The number of sulfonamides is 1. The van der Waals surface area contributed by atoms with Crippen LogP contribution in [0.1, 0.15) is 51.5 Å². The number of halogens is 1. The normalized spacial score (nSPS) is 13.2. The smallest absolute Gasteiger partial charge is 0.242 e. The lowest BCUT2D eigenvalue weighted by Crippen LogP contribution is -2.42. The molecule has 0 aliphatic rings. The molecular formula is C19H35IN4O2S. The summed E-state index contributed by atoms with van der Waals surface area (Å²) < 4.78 is 26.2. The van der Waals surface area contributed by atoms with E-state index in [1.807, 2.05) is 12.1 Å². The van der Waals surface area contributed by atoms with Gasteiger partial charge in [0.2, 0.25) is 10.0 Å². The SMILES string of the molecule is CCCCCCC(C)NC(=NC)NCc1ccccc1S(=O)(=O)N(C)C.I. The molecule has 1 aromatic carbocycles. The van der Waals surface area contributed by atoms with Crippen LogP contribution in [0.15, 0.2) is 34.2 Å². The molecule has 0 bridgehead atoms. The fraction of sp³-hybridized carbons (Fsp3) is 0.632. The van der Waals surface area contributed by atoms with Gasteiger partial charge < -0.3 is 10.6 Å². The Morgan fingerprint density at radius 2 is 1.85 bits per heavy atom. The lowest BCUT2D eigenvalue weighted by Gasteiger charge is -2.19. The minimum Gasteiger partial charge on any atom is -0.354 e. The lowest BCUT2D eigenvalue weighted by molar-refractivity contribution is 0.519. The highest BCUT2D eigenvalue weighted by Crippen LogP contribution is 2.18. The summed E-state index contributed by atoms with van der Waals surface area (Å²) in [5.74, 6) is 0.685. The third-order valence-corrected chi connectivity index (χ3v) is 6.19. The van der Waals surface area contributed by atoms with E-state index in [9.17, 15) is 8.42 Å². The van der Waals surface area contributed by atoms with Crippen LogP contribution in [0.3, 0.4) is 0 Å². The maximum atomic E-state index is 12.5. The number of rotatable bonds is 10. The molecule has 0 heterocycles. The molecule has 1 unspecified atom stereocenters. The zero-order valence-corrected chi connectivity index (χ0v) is 20.3. The summed E-state index contributed by atoms with van der Waals surface area (Å²) >= 11 is 0. The van der Waals surface area contributed by atoms with Crippen molar-refractivity contribution in [1.29, 1.82) is 0 Å². The Labute approximate surface area is 182 Å². The first-order valence-corrected chi connectivity index (χ1v) is 10.7. The van der Waals surface area contributed by atoms with Gasteiger partial charge in [-0.3, -0.25) is 4.99 Å². The van der Waals surface area contributed by atoms with Crippen molar-refractivity contribution in [3.63, 3.8) is 0 Å². The van der Waals surface area contributed by atoms with Gasteiger partial charge in [-0.25, -0.2) is 12.7 Å². The third-order valence-electron chi connectivity index (χ3n) is 4.27. The van der Waals surface area contributed by atoms with Crippen molar-refractivity contribution in [2.45, 2.75) is 63.4 Å². The van der Waals surface area contributed by atoms with Crippen LogP contribution in [0.4, 0.5) is 0 Å². The number of aliphatic imine (C=N–C) groups is 1. The van der Waals surface area contributed by atoms with Crippen LogP contribution in [0, 0.1) is 0 Å². The molecule has 27 heavy (non-hydrogen) atoms. The number of unbranched alkanes of at least 4 members (excludes halogenated alkanes) is 3. The summed E-state index contributed by atoms with van der Waals surface area (Å²) in [7, 11) is 1.34. The molecule has 1 atom stereocenters. The largest absolute Gasteiger partial charge is 0.354 e. The molecule has 1 rings (SSSR count). The van der Waals surface area contributed by atoms with E-state index in [1.54, 1.807) is 33.3 Å². The number of hydrogen-bond acceptors (Lipinski definition) is 3. The molecule has 0 saturated heterocycles. The first-order valence-electron chi connectivity index (χ1n) is 9.30. The Bertz CT molecular complexity index is 678. The summed E-state index contributed by atoms with van der Waals surface area (Å²) in [4.78, 5) is 4.57. The van der Waals surface area contributed by atoms with Gasteiger partial charge in [0, 0.05) is 33.7 Å². The number of guanidine groups is 1. The van der Waals surface area contributed by atoms with E-state index in [2.05, 4.69) is 29.5 Å². The molecular weight excluding hydrogens is 475 g/mol. The second-order valence-electron chi connectivity index (χ2n) is 6.72. The molecule has 0 amide bonds. The quantitative estimate of drug-likeness (QED) is 0.219. The molecule has 0 fully saturated rings. The summed E-state index contributed by atoms with van der Waals surface area (Å²) in [6, 6.07) is 7.37. The van der Waals surface area contributed by atoms with Crippen molar-refractivity contribution < 1.29 is 8.42 Å². The van der Waals surface area contributed by atoms with Crippen LogP contribution < -0.4 is 10.6 Å². The Balaban J connectivity index is 0.00000676. The van der Waals surface area contributed by atoms with Gasteiger partial charge in [-0.05, 0) is 25.0 Å². The number of hydrogen-bond donors (Lipinski definition) is 2. The monoisotopic (exact) mass is 510 g/mol. The molecule has 0 radical (unpaired) electrons. The minimum atomic E-state index is -3.47. The second kappa shape index (κ2) is 13.3. The van der Waals surface area contributed by atoms with Crippen molar-refractivity contribution in [3.8, 4) is 0 Å². The first kappa shape index (κ1) is 26.1. The molecule has 156 valence electrons. The van der Waals surface area contributed by atoms with Gasteiger partial charge in [0.05, 0.1) is 4.90 Å². The van der Waals surface area contributed by atoms with Gasteiger partial charge >= 0.3 is 0 Å². The zero-order valence-electron chi connectivity index (χ0n) is 17.2. The van der Waals surface area contributed by atoms with Crippen LogP contribution in [-0.4, -0.2) is 45.9 Å². The van der Waals surface area contributed by atoms with Gasteiger partial charge in [-0.2, -0.15) is 0 Å². The maximum Gasteiger partial charge on any atom is 0.242 e. The standard InChI is InChI=1S/C19H34N4O2S.HI/c1-6-7-8-9-12-16(2)22-19(20-3)21-15-17-13-10-11-14-18(17)26(24,25)23(4)5;/h10-11,13-14,16H,6-9,12,15H2,1-5H3,(H2,20,21,22);1H. The van der Waals surface area contributed by atoms with E-state index in [-0.39, 0.29) is 24.0 Å². The Morgan fingerprint density at radius 1 is 1.19 bits per heavy atom. The van der Waals surface area contributed by atoms with Crippen LogP contribution in [-0.2, 0) is 16.6 Å². The van der Waals surface area contributed by atoms with Gasteiger partial charge in [0.15, 0.2) is 5.96 Å². The van der Waals surface area contributed by atoms with E-state index in [0.29, 0.717) is 23.4 Å². The molecule has 0 saturated carbocycles. The van der Waals surface area contributed by atoms with Gasteiger partial charge in [0.25, 0.3) is 0 Å². The topological polar surface area (TPSA) is 73.8 Å². The Morgan fingerprint density at radius 3 is 2.44 bits per heavy atom. The van der Waals surface area contributed by atoms with Crippen LogP contribution in [0.2, 0.25) is 0 Å². The first-order chi connectivity index (χ1) is 12.3.